The molecule has 4 aliphatic rings. The Morgan fingerprint density at radius 2 is 1.47 bits per heavy atom. The third-order valence-electron chi connectivity index (χ3n) is 5.12. The molecule has 17 heavy (non-hydrogen) atoms. The second-order valence-electron chi connectivity index (χ2n) is 6.80. The number of nitrogens with two attached hydrogens (primary N) is 1. The van der Waals surface area contributed by atoms with Gasteiger partial charge in [-0.2, -0.15) is 0 Å². The maximum absolute atomic E-state index is 12.0. The first-order valence-electron chi connectivity index (χ1n) is 6.91. The molecule has 0 aromatic carbocycles. The third-order valence-corrected chi connectivity index (χ3v) is 7.03. The Morgan fingerprint density at radius 1 is 1.00 bits per heavy atom. The van der Waals surface area contributed by atoms with Gasteiger partial charge in [0.1, 0.15) is 0 Å². The lowest BCUT2D eigenvalue weighted by atomic mass is 9.50. The van der Waals surface area contributed by atoms with Gasteiger partial charge in [-0.25, -0.2) is 8.42 Å². The van der Waals surface area contributed by atoms with E-state index in [-0.39, 0.29) is 17.7 Å². The van der Waals surface area contributed by atoms with Crippen molar-refractivity contribution in [2.75, 3.05) is 18.1 Å². The molecular formula is C13H23NO2S. The van der Waals surface area contributed by atoms with Gasteiger partial charge in [0.2, 0.25) is 0 Å². The fraction of sp³-hybridized carbons (Fsp3) is 1.00. The Bertz CT molecular complexity index is 366. The summed E-state index contributed by atoms with van der Waals surface area (Å²) in [6.07, 6.45) is 7.62. The second kappa shape index (κ2) is 3.95. The summed E-state index contributed by atoms with van der Waals surface area (Å²) in [4.78, 5) is 0. The van der Waals surface area contributed by atoms with E-state index in [1.165, 1.54) is 38.5 Å². The average molecular weight is 257 g/mol. The van der Waals surface area contributed by atoms with E-state index >= 15 is 0 Å². The quantitative estimate of drug-likeness (QED) is 0.831. The lowest BCUT2D eigenvalue weighted by molar-refractivity contribution is -0.0390. The van der Waals surface area contributed by atoms with Crippen LogP contribution in [0.1, 0.15) is 38.5 Å². The first kappa shape index (κ1) is 12.0. The smallest absolute Gasteiger partial charge is 0.152 e. The highest BCUT2D eigenvalue weighted by atomic mass is 32.2. The molecule has 4 heteroatoms. The molecule has 0 spiro atoms. The van der Waals surface area contributed by atoms with Crippen LogP contribution in [0.2, 0.25) is 0 Å². The van der Waals surface area contributed by atoms with Crippen LogP contribution in [0.5, 0.6) is 0 Å². The van der Waals surface area contributed by atoms with Gasteiger partial charge in [-0.15, -0.1) is 0 Å². The van der Waals surface area contributed by atoms with E-state index in [1.807, 2.05) is 0 Å². The van der Waals surface area contributed by atoms with Gasteiger partial charge in [0.15, 0.2) is 9.84 Å². The monoisotopic (exact) mass is 257 g/mol. The highest BCUT2D eigenvalue weighted by Crippen LogP contribution is 2.60. The van der Waals surface area contributed by atoms with Crippen LogP contribution in [0.15, 0.2) is 0 Å². The molecule has 98 valence electrons. The maximum Gasteiger partial charge on any atom is 0.152 e. The SMILES string of the molecule is NCCS(=O)(=O)CC12CC3CC(CC(C3)C1)C2. The van der Waals surface area contributed by atoms with Gasteiger partial charge in [0.25, 0.3) is 0 Å². The molecule has 0 atom stereocenters. The van der Waals surface area contributed by atoms with E-state index in [0.29, 0.717) is 5.75 Å². The number of hydrogen-bond donors (Lipinski definition) is 1. The molecule has 0 saturated heterocycles. The Morgan fingerprint density at radius 3 is 1.88 bits per heavy atom. The Balaban J connectivity index is 1.78. The molecular weight excluding hydrogens is 234 g/mol. The molecule has 0 amide bonds. The predicted octanol–water partition coefficient (Wildman–Crippen LogP) is 1.58. The van der Waals surface area contributed by atoms with Crippen LogP contribution < -0.4 is 5.73 Å². The van der Waals surface area contributed by atoms with Crippen LogP contribution in [-0.2, 0) is 9.84 Å². The molecule has 4 aliphatic carbocycles. The summed E-state index contributed by atoms with van der Waals surface area (Å²) in [6, 6.07) is 0. The molecule has 0 unspecified atom stereocenters. The van der Waals surface area contributed by atoms with Crippen molar-refractivity contribution in [3.63, 3.8) is 0 Å². The van der Waals surface area contributed by atoms with Crippen molar-refractivity contribution in [1.29, 1.82) is 0 Å². The van der Waals surface area contributed by atoms with Crippen molar-refractivity contribution in [3.8, 4) is 0 Å². The van der Waals surface area contributed by atoms with Crippen molar-refractivity contribution in [2.45, 2.75) is 38.5 Å². The van der Waals surface area contributed by atoms with Gasteiger partial charge in [0, 0.05) is 6.54 Å². The molecule has 4 saturated carbocycles. The predicted molar refractivity (Wildman–Crippen MR) is 68.3 cm³/mol. The molecule has 0 aromatic heterocycles. The van der Waals surface area contributed by atoms with Crippen LogP contribution in [0.3, 0.4) is 0 Å². The molecule has 4 bridgehead atoms. The molecule has 0 heterocycles. The minimum Gasteiger partial charge on any atom is -0.329 e. The van der Waals surface area contributed by atoms with E-state index in [2.05, 4.69) is 0 Å². The Kier molecular flexibility index (Phi) is 2.78. The van der Waals surface area contributed by atoms with Crippen molar-refractivity contribution in [1.82, 2.24) is 0 Å². The highest BCUT2D eigenvalue weighted by Gasteiger charge is 2.52. The molecule has 2 N–H and O–H groups in total. The first-order chi connectivity index (χ1) is 8.00. The van der Waals surface area contributed by atoms with Gasteiger partial charge in [0.05, 0.1) is 11.5 Å². The first-order valence-corrected chi connectivity index (χ1v) is 8.73. The van der Waals surface area contributed by atoms with Gasteiger partial charge >= 0.3 is 0 Å². The maximum atomic E-state index is 12.0. The highest BCUT2D eigenvalue weighted by molar-refractivity contribution is 7.91. The molecule has 3 nitrogen and oxygen atoms in total. The van der Waals surface area contributed by atoms with Crippen molar-refractivity contribution in [3.05, 3.63) is 0 Å². The van der Waals surface area contributed by atoms with E-state index in [0.717, 1.165) is 17.8 Å². The lowest BCUT2D eigenvalue weighted by Gasteiger charge is -2.56. The van der Waals surface area contributed by atoms with Crippen molar-refractivity contribution in [2.24, 2.45) is 28.9 Å². The number of sulfone groups is 1. The fourth-order valence-electron chi connectivity index (χ4n) is 5.19. The minimum absolute atomic E-state index is 0.142. The fourth-order valence-corrected chi connectivity index (χ4v) is 6.98. The van der Waals surface area contributed by atoms with Crippen LogP contribution in [-0.4, -0.2) is 26.5 Å². The zero-order valence-electron chi connectivity index (χ0n) is 10.4. The minimum atomic E-state index is -2.92. The zero-order chi connectivity index (χ0) is 12.1. The normalized spacial score (nSPS) is 44.2. The third kappa shape index (κ3) is 2.26. The summed E-state index contributed by atoms with van der Waals surface area (Å²) in [5, 5.41) is 0. The van der Waals surface area contributed by atoms with Crippen LogP contribution in [0.25, 0.3) is 0 Å². The summed E-state index contributed by atoms with van der Waals surface area (Å²) in [7, 11) is -2.92. The largest absolute Gasteiger partial charge is 0.329 e. The van der Waals surface area contributed by atoms with Gasteiger partial charge < -0.3 is 5.73 Å². The van der Waals surface area contributed by atoms with E-state index in [1.54, 1.807) is 0 Å². The standard InChI is InChI=1S/C13H23NO2S/c14-1-2-17(15,16)9-13-6-10-3-11(7-13)5-12(4-10)8-13/h10-12H,1-9,14H2. The summed E-state index contributed by atoms with van der Waals surface area (Å²) in [5.74, 6) is 3.08. The molecule has 0 aliphatic heterocycles. The molecule has 4 fully saturated rings. The number of rotatable bonds is 4. The van der Waals surface area contributed by atoms with Gasteiger partial charge in [-0.3, -0.25) is 0 Å². The Hall–Kier alpha value is -0.0900. The van der Waals surface area contributed by atoms with Crippen molar-refractivity contribution < 1.29 is 8.42 Å². The van der Waals surface area contributed by atoms with Gasteiger partial charge in [-0.05, 0) is 61.7 Å². The molecule has 0 aromatic rings. The van der Waals surface area contributed by atoms with Crippen molar-refractivity contribution >= 4 is 9.84 Å². The van der Waals surface area contributed by atoms with E-state index in [9.17, 15) is 8.42 Å². The number of hydrogen-bond acceptors (Lipinski definition) is 3. The van der Waals surface area contributed by atoms with Crippen LogP contribution >= 0.6 is 0 Å². The van der Waals surface area contributed by atoms with Crippen LogP contribution in [0, 0.1) is 23.2 Å². The molecule has 0 radical (unpaired) electrons. The van der Waals surface area contributed by atoms with E-state index < -0.39 is 9.84 Å². The Labute approximate surface area is 104 Å². The van der Waals surface area contributed by atoms with E-state index in [4.69, 9.17) is 5.73 Å². The van der Waals surface area contributed by atoms with Crippen LogP contribution in [0.4, 0.5) is 0 Å². The topological polar surface area (TPSA) is 60.2 Å². The second-order valence-corrected chi connectivity index (χ2v) is 8.98. The molecule has 4 rings (SSSR count). The summed E-state index contributed by atoms with van der Waals surface area (Å²) < 4.78 is 24.1. The average Bonchev–Trinajstić information content (AvgIpc) is 2.11. The zero-order valence-corrected chi connectivity index (χ0v) is 11.2. The lowest BCUT2D eigenvalue weighted by Crippen LogP contribution is -2.49. The van der Waals surface area contributed by atoms with Gasteiger partial charge in [-0.1, -0.05) is 0 Å². The summed E-state index contributed by atoms with van der Waals surface area (Å²) in [6.45, 7) is 0.273. The summed E-state index contributed by atoms with van der Waals surface area (Å²) >= 11 is 0. The summed E-state index contributed by atoms with van der Waals surface area (Å²) in [5.41, 5.74) is 5.54.